The second-order valence-electron chi connectivity index (χ2n) is 4.30. The molecule has 0 saturated heterocycles. The van der Waals surface area contributed by atoms with Crippen LogP contribution in [0.4, 0.5) is 4.39 Å². The minimum absolute atomic E-state index is 0.276. The molecule has 1 aromatic heterocycles. The Bertz CT molecular complexity index is 503. The number of halogens is 1. The van der Waals surface area contributed by atoms with E-state index in [1.165, 1.54) is 16.9 Å². The zero-order valence-corrected chi connectivity index (χ0v) is 9.76. The number of rotatable bonds is 3. The Kier molecular flexibility index (Phi) is 2.89. The lowest BCUT2D eigenvalue weighted by Gasteiger charge is -2.23. The second kappa shape index (κ2) is 4.21. The van der Waals surface area contributed by atoms with E-state index in [1.54, 1.807) is 19.2 Å². The van der Waals surface area contributed by atoms with E-state index in [0.29, 0.717) is 12.2 Å². The molecule has 2 N–H and O–H groups in total. The minimum atomic E-state index is -0.642. The molecule has 0 spiro atoms. The van der Waals surface area contributed by atoms with Crippen LogP contribution in [0.3, 0.4) is 0 Å². The fourth-order valence-corrected chi connectivity index (χ4v) is 1.66. The summed E-state index contributed by atoms with van der Waals surface area (Å²) in [4.78, 5) is 1.38. The third-order valence-electron chi connectivity index (χ3n) is 2.58. The van der Waals surface area contributed by atoms with E-state index in [2.05, 4.69) is 15.4 Å². The molecule has 0 aliphatic carbocycles. The van der Waals surface area contributed by atoms with E-state index >= 15 is 0 Å². The highest BCUT2D eigenvalue weighted by Crippen LogP contribution is 2.21. The fourth-order valence-electron chi connectivity index (χ4n) is 1.66. The lowest BCUT2D eigenvalue weighted by molar-refractivity contribution is 0.475. The number of aromatic nitrogens is 4. The van der Waals surface area contributed by atoms with Gasteiger partial charge < -0.3 is 5.73 Å². The smallest absolute Gasteiger partial charge is 0.176 e. The Hall–Kier alpha value is -1.82. The average molecular weight is 235 g/mol. The van der Waals surface area contributed by atoms with Crippen LogP contribution >= 0.6 is 0 Å². The zero-order chi connectivity index (χ0) is 12.5. The maximum Gasteiger partial charge on any atom is 0.176 e. The molecule has 1 heterocycles. The van der Waals surface area contributed by atoms with E-state index in [-0.39, 0.29) is 5.82 Å². The number of nitrogens with zero attached hydrogens (tertiary/aromatic N) is 4. The van der Waals surface area contributed by atoms with Gasteiger partial charge in [-0.3, -0.25) is 0 Å². The van der Waals surface area contributed by atoms with Gasteiger partial charge in [-0.2, -0.15) is 4.80 Å². The zero-order valence-electron chi connectivity index (χ0n) is 9.76. The maximum atomic E-state index is 12.8. The van der Waals surface area contributed by atoms with Crippen LogP contribution in [-0.2, 0) is 19.0 Å². The van der Waals surface area contributed by atoms with Crippen molar-refractivity contribution in [2.45, 2.75) is 18.9 Å². The molecule has 0 amide bonds. The molecule has 0 aliphatic rings. The standard InChI is InChI=1S/C11H14FN5/c1-11(13,7-10-14-16-17(2)15-10)8-3-5-9(12)6-4-8/h3-6H,7,13H2,1-2H3. The number of hydrogen-bond acceptors (Lipinski definition) is 4. The Morgan fingerprint density at radius 3 is 2.53 bits per heavy atom. The van der Waals surface area contributed by atoms with Gasteiger partial charge >= 0.3 is 0 Å². The normalized spacial score (nSPS) is 14.6. The van der Waals surface area contributed by atoms with E-state index in [9.17, 15) is 4.39 Å². The summed E-state index contributed by atoms with van der Waals surface area (Å²) in [6, 6.07) is 6.13. The molecule has 5 nitrogen and oxygen atoms in total. The molecular formula is C11H14FN5. The molecule has 1 unspecified atom stereocenters. The summed E-state index contributed by atoms with van der Waals surface area (Å²) in [7, 11) is 1.70. The molecule has 17 heavy (non-hydrogen) atoms. The van der Waals surface area contributed by atoms with Crippen molar-refractivity contribution in [2.75, 3.05) is 0 Å². The lowest BCUT2D eigenvalue weighted by atomic mass is 9.89. The van der Waals surface area contributed by atoms with Crippen LogP contribution in [0.15, 0.2) is 24.3 Å². The molecule has 1 atom stereocenters. The van der Waals surface area contributed by atoms with E-state index in [1.807, 2.05) is 6.92 Å². The number of tetrazole rings is 1. The van der Waals surface area contributed by atoms with Crippen molar-refractivity contribution in [3.05, 3.63) is 41.5 Å². The summed E-state index contributed by atoms with van der Waals surface area (Å²) in [6.07, 6.45) is 0.451. The largest absolute Gasteiger partial charge is 0.321 e. The monoisotopic (exact) mass is 235 g/mol. The predicted molar refractivity (Wildman–Crippen MR) is 60.4 cm³/mol. The van der Waals surface area contributed by atoms with Crippen molar-refractivity contribution >= 4 is 0 Å². The maximum absolute atomic E-state index is 12.8. The van der Waals surface area contributed by atoms with Crippen molar-refractivity contribution in [1.29, 1.82) is 0 Å². The number of nitrogens with two attached hydrogens (primary N) is 1. The summed E-state index contributed by atoms with van der Waals surface area (Å²) in [5.74, 6) is 0.295. The topological polar surface area (TPSA) is 69.6 Å². The average Bonchev–Trinajstić information content (AvgIpc) is 2.63. The van der Waals surface area contributed by atoms with Crippen molar-refractivity contribution in [3.8, 4) is 0 Å². The highest BCUT2D eigenvalue weighted by molar-refractivity contribution is 5.24. The summed E-state index contributed by atoms with van der Waals surface area (Å²) < 4.78 is 12.8. The van der Waals surface area contributed by atoms with E-state index < -0.39 is 5.54 Å². The molecule has 0 bridgehead atoms. The lowest BCUT2D eigenvalue weighted by Crippen LogP contribution is -2.35. The van der Waals surface area contributed by atoms with Gasteiger partial charge in [-0.1, -0.05) is 12.1 Å². The number of aryl methyl sites for hydroxylation is 1. The van der Waals surface area contributed by atoms with Gasteiger partial charge in [-0.05, 0) is 29.8 Å². The fraction of sp³-hybridized carbons (Fsp3) is 0.364. The summed E-state index contributed by atoms with van der Waals surface area (Å²) >= 11 is 0. The van der Waals surface area contributed by atoms with Crippen LogP contribution in [0.25, 0.3) is 0 Å². The van der Waals surface area contributed by atoms with Crippen LogP contribution in [0.2, 0.25) is 0 Å². The Labute approximate surface area is 98.4 Å². The molecule has 2 aromatic rings. The highest BCUT2D eigenvalue weighted by Gasteiger charge is 2.24. The Morgan fingerprint density at radius 2 is 2.00 bits per heavy atom. The first kappa shape index (κ1) is 11.7. The predicted octanol–water partition coefficient (Wildman–Crippen LogP) is 0.766. The van der Waals surface area contributed by atoms with Crippen molar-refractivity contribution in [1.82, 2.24) is 20.2 Å². The van der Waals surface area contributed by atoms with Crippen LogP contribution in [-0.4, -0.2) is 20.2 Å². The van der Waals surface area contributed by atoms with Crippen LogP contribution in [0, 0.1) is 5.82 Å². The van der Waals surface area contributed by atoms with Gasteiger partial charge in [0.1, 0.15) is 5.82 Å². The number of benzene rings is 1. The van der Waals surface area contributed by atoms with Crippen molar-refractivity contribution < 1.29 is 4.39 Å². The molecular weight excluding hydrogens is 221 g/mol. The molecule has 0 fully saturated rings. The highest BCUT2D eigenvalue weighted by atomic mass is 19.1. The molecule has 0 radical (unpaired) electrons. The Morgan fingerprint density at radius 1 is 1.35 bits per heavy atom. The SMILES string of the molecule is Cn1nnc(CC(C)(N)c2ccc(F)cc2)n1. The van der Waals surface area contributed by atoms with Gasteiger partial charge in [-0.25, -0.2) is 4.39 Å². The van der Waals surface area contributed by atoms with Crippen LogP contribution in [0.1, 0.15) is 18.3 Å². The van der Waals surface area contributed by atoms with Gasteiger partial charge in [0.25, 0.3) is 0 Å². The third-order valence-corrected chi connectivity index (χ3v) is 2.58. The first-order valence-electron chi connectivity index (χ1n) is 5.25. The van der Waals surface area contributed by atoms with Gasteiger partial charge in [0.2, 0.25) is 0 Å². The molecule has 6 heteroatoms. The molecule has 1 aromatic carbocycles. The van der Waals surface area contributed by atoms with Crippen LogP contribution < -0.4 is 5.73 Å². The Balaban J connectivity index is 2.21. The van der Waals surface area contributed by atoms with Crippen molar-refractivity contribution in [2.24, 2.45) is 12.8 Å². The first-order chi connectivity index (χ1) is 7.97. The van der Waals surface area contributed by atoms with Gasteiger partial charge in [0, 0.05) is 12.0 Å². The summed E-state index contributed by atoms with van der Waals surface area (Å²) in [6.45, 7) is 1.86. The second-order valence-corrected chi connectivity index (χ2v) is 4.30. The van der Waals surface area contributed by atoms with E-state index in [0.717, 1.165) is 5.56 Å². The molecule has 0 aliphatic heterocycles. The molecule has 0 saturated carbocycles. The van der Waals surface area contributed by atoms with Crippen molar-refractivity contribution in [3.63, 3.8) is 0 Å². The molecule has 90 valence electrons. The molecule has 2 rings (SSSR count). The van der Waals surface area contributed by atoms with E-state index in [4.69, 9.17) is 5.73 Å². The first-order valence-corrected chi connectivity index (χ1v) is 5.25. The third kappa shape index (κ3) is 2.65. The summed E-state index contributed by atoms with van der Waals surface area (Å²) in [5, 5.41) is 11.7. The van der Waals surface area contributed by atoms with Gasteiger partial charge in [-0.15, -0.1) is 10.2 Å². The number of hydrogen-bond donors (Lipinski definition) is 1. The van der Waals surface area contributed by atoms with Crippen LogP contribution in [0.5, 0.6) is 0 Å². The summed E-state index contributed by atoms with van der Waals surface area (Å²) in [5.41, 5.74) is 6.39. The van der Waals surface area contributed by atoms with Gasteiger partial charge in [0.15, 0.2) is 5.82 Å². The quantitative estimate of drug-likeness (QED) is 0.853. The van der Waals surface area contributed by atoms with Gasteiger partial charge in [0.05, 0.1) is 7.05 Å². The minimum Gasteiger partial charge on any atom is -0.321 e.